The van der Waals surface area contributed by atoms with Crippen molar-refractivity contribution in [2.24, 2.45) is 10.9 Å². The van der Waals surface area contributed by atoms with Crippen LogP contribution in [0.5, 0.6) is 0 Å². The van der Waals surface area contributed by atoms with Gasteiger partial charge in [0.15, 0.2) is 0 Å². The molecule has 0 fully saturated rings. The third-order valence-corrected chi connectivity index (χ3v) is 2.51. The maximum absolute atomic E-state index is 11.6. The normalized spacial score (nSPS) is 11.7. The summed E-state index contributed by atoms with van der Waals surface area (Å²) in [5, 5.41) is 14.5. The van der Waals surface area contributed by atoms with Gasteiger partial charge >= 0.3 is 5.63 Å². The molecular formula is C11H9N3O4. The summed E-state index contributed by atoms with van der Waals surface area (Å²) in [7, 11) is 0. The Labute approximate surface area is 101 Å². The number of benzene rings is 1. The van der Waals surface area contributed by atoms with Crippen molar-refractivity contribution in [3.8, 4) is 0 Å². The van der Waals surface area contributed by atoms with Crippen molar-refractivity contribution in [1.82, 2.24) is 0 Å². The van der Waals surface area contributed by atoms with Gasteiger partial charge in [0.2, 0.25) is 0 Å². The first kappa shape index (κ1) is 11.8. The zero-order valence-corrected chi connectivity index (χ0v) is 9.41. The van der Waals surface area contributed by atoms with Crippen molar-refractivity contribution >= 4 is 22.4 Å². The summed E-state index contributed by atoms with van der Waals surface area (Å²) in [5.41, 5.74) is 0.106. The summed E-state index contributed by atoms with van der Waals surface area (Å²) in [6, 6.07) is 5.45. The van der Waals surface area contributed by atoms with Gasteiger partial charge in [-0.15, -0.1) is 0 Å². The molecule has 7 heteroatoms. The molecule has 0 atom stereocenters. The lowest BCUT2D eigenvalue weighted by Gasteiger charge is -2.00. The minimum Gasteiger partial charge on any atom is -0.422 e. The molecule has 0 amide bonds. The molecule has 0 aliphatic carbocycles. The maximum Gasteiger partial charge on any atom is 0.345 e. The van der Waals surface area contributed by atoms with Crippen molar-refractivity contribution in [3.63, 3.8) is 0 Å². The Morgan fingerprint density at radius 2 is 2.17 bits per heavy atom. The zero-order valence-electron chi connectivity index (χ0n) is 9.41. The van der Waals surface area contributed by atoms with E-state index in [4.69, 9.17) is 10.3 Å². The van der Waals surface area contributed by atoms with Gasteiger partial charge < -0.3 is 10.3 Å². The highest BCUT2D eigenvalue weighted by Crippen LogP contribution is 2.20. The van der Waals surface area contributed by atoms with Crippen LogP contribution in [-0.4, -0.2) is 10.6 Å². The molecule has 0 unspecified atom stereocenters. The molecule has 7 nitrogen and oxygen atoms in total. The second kappa shape index (κ2) is 4.28. The van der Waals surface area contributed by atoms with Gasteiger partial charge in [0.1, 0.15) is 5.58 Å². The van der Waals surface area contributed by atoms with E-state index in [1.807, 2.05) is 0 Å². The molecule has 1 aromatic carbocycles. The molecule has 18 heavy (non-hydrogen) atoms. The second-order valence-electron chi connectivity index (χ2n) is 3.64. The number of nitro groups is 1. The molecule has 2 rings (SSSR count). The third kappa shape index (κ3) is 1.93. The van der Waals surface area contributed by atoms with Crippen molar-refractivity contribution in [1.29, 1.82) is 0 Å². The first-order valence-corrected chi connectivity index (χ1v) is 5.00. The SMILES string of the molecule is C/C(=N\N)c1cc2cc([N+](=O)[O-])ccc2oc1=O. The van der Waals surface area contributed by atoms with Gasteiger partial charge in [-0.05, 0) is 19.1 Å². The van der Waals surface area contributed by atoms with Gasteiger partial charge in [0.25, 0.3) is 5.69 Å². The van der Waals surface area contributed by atoms with Crippen LogP contribution in [0.4, 0.5) is 5.69 Å². The van der Waals surface area contributed by atoms with E-state index < -0.39 is 10.5 Å². The van der Waals surface area contributed by atoms with Crippen LogP contribution in [-0.2, 0) is 0 Å². The summed E-state index contributed by atoms with van der Waals surface area (Å²) in [6.45, 7) is 1.55. The molecule has 2 N–H and O–H groups in total. The van der Waals surface area contributed by atoms with Crippen LogP contribution in [0.15, 0.2) is 38.6 Å². The van der Waals surface area contributed by atoms with Crippen molar-refractivity contribution in [2.45, 2.75) is 6.92 Å². The average Bonchev–Trinajstić information content (AvgIpc) is 2.36. The summed E-state index contributed by atoms with van der Waals surface area (Å²) in [4.78, 5) is 21.8. The molecule has 1 heterocycles. The highest BCUT2D eigenvalue weighted by Gasteiger charge is 2.11. The van der Waals surface area contributed by atoms with Gasteiger partial charge in [-0.25, -0.2) is 4.79 Å². The molecule has 0 radical (unpaired) electrons. The van der Waals surface area contributed by atoms with E-state index in [0.717, 1.165) is 0 Å². The van der Waals surface area contributed by atoms with E-state index in [1.165, 1.54) is 24.3 Å². The number of nitrogens with zero attached hydrogens (tertiary/aromatic N) is 2. The molecular weight excluding hydrogens is 238 g/mol. The number of hydrogen-bond donors (Lipinski definition) is 1. The van der Waals surface area contributed by atoms with Crippen LogP contribution in [0.3, 0.4) is 0 Å². The van der Waals surface area contributed by atoms with E-state index in [9.17, 15) is 14.9 Å². The van der Waals surface area contributed by atoms with Gasteiger partial charge in [0.05, 0.1) is 16.2 Å². The second-order valence-corrected chi connectivity index (χ2v) is 3.64. The molecule has 2 aromatic rings. The van der Waals surface area contributed by atoms with Crippen LogP contribution >= 0.6 is 0 Å². The first-order chi connectivity index (χ1) is 8.52. The van der Waals surface area contributed by atoms with Crippen LogP contribution in [0.2, 0.25) is 0 Å². The Kier molecular flexibility index (Phi) is 2.80. The zero-order chi connectivity index (χ0) is 13.3. The first-order valence-electron chi connectivity index (χ1n) is 5.00. The molecule has 0 aliphatic heterocycles. The van der Waals surface area contributed by atoms with E-state index in [0.29, 0.717) is 11.1 Å². The van der Waals surface area contributed by atoms with Gasteiger partial charge in [-0.3, -0.25) is 10.1 Å². The number of hydrazone groups is 1. The largest absolute Gasteiger partial charge is 0.422 e. The number of fused-ring (bicyclic) bond motifs is 1. The van der Waals surface area contributed by atoms with Crippen LogP contribution in [0.25, 0.3) is 11.0 Å². The standard InChI is InChI=1S/C11H9N3O4/c1-6(13-12)9-5-7-4-8(14(16)17)2-3-10(7)18-11(9)15/h2-5H,12H2,1H3/b13-6+. The van der Waals surface area contributed by atoms with Crippen molar-refractivity contribution in [2.75, 3.05) is 0 Å². The molecule has 92 valence electrons. The highest BCUT2D eigenvalue weighted by molar-refractivity contribution is 6.00. The fraction of sp³-hybridized carbons (Fsp3) is 0.0909. The Morgan fingerprint density at radius 1 is 1.44 bits per heavy atom. The maximum atomic E-state index is 11.6. The van der Waals surface area contributed by atoms with E-state index in [-0.39, 0.29) is 16.8 Å². The highest BCUT2D eigenvalue weighted by atomic mass is 16.6. The molecule has 0 saturated heterocycles. The fourth-order valence-corrected chi connectivity index (χ4v) is 1.55. The summed E-state index contributed by atoms with van der Waals surface area (Å²) < 4.78 is 5.04. The Balaban J connectivity index is 2.75. The predicted octanol–water partition coefficient (Wildman–Crippen LogP) is 1.38. The molecule has 0 bridgehead atoms. The van der Waals surface area contributed by atoms with Crippen LogP contribution in [0.1, 0.15) is 12.5 Å². The van der Waals surface area contributed by atoms with E-state index in [1.54, 1.807) is 6.92 Å². The molecule has 0 aliphatic rings. The van der Waals surface area contributed by atoms with Crippen molar-refractivity contribution in [3.05, 3.63) is 50.4 Å². The Hall–Kier alpha value is -2.70. The number of non-ortho nitro benzene ring substituents is 1. The Morgan fingerprint density at radius 3 is 2.78 bits per heavy atom. The summed E-state index contributed by atoms with van der Waals surface area (Å²) in [6.07, 6.45) is 0. The van der Waals surface area contributed by atoms with Gasteiger partial charge in [-0.2, -0.15) is 5.10 Å². The van der Waals surface area contributed by atoms with E-state index in [2.05, 4.69) is 5.10 Å². The smallest absolute Gasteiger partial charge is 0.345 e. The fourth-order valence-electron chi connectivity index (χ4n) is 1.55. The van der Waals surface area contributed by atoms with Crippen LogP contribution in [0, 0.1) is 10.1 Å². The van der Waals surface area contributed by atoms with Crippen LogP contribution < -0.4 is 11.5 Å². The number of rotatable bonds is 2. The van der Waals surface area contributed by atoms with Crippen molar-refractivity contribution < 1.29 is 9.34 Å². The quantitative estimate of drug-likeness (QED) is 0.283. The monoisotopic (exact) mass is 247 g/mol. The molecule has 0 saturated carbocycles. The third-order valence-electron chi connectivity index (χ3n) is 2.51. The van der Waals surface area contributed by atoms with Gasteiger partial charge in [0, 0.05) is 17.5 Å². The predicted molar refractivity (Wildman–Crippen MR) is 65.5 cm³/mol. The number of hydrogen-bond acceptors (Lipinski definition) is 6. The molecule has 0 spiro atoms. The summed E-state index contributed by atoms with van der Waals surface area (Å²) in [5.74, 6) is 5.09. The van der Waals surface area contributed by atoms with Gasteiger partial charge in [-0.1, -0.05) is 0 Å². The number of nitro benzene ring substituents is 1. The summed E-state index contributed by atoms with van der Waals surface area (Å²) >= 11 is 0. The topological polar surface area (TPSA) is 112 Å². The molecule has 1 aromatic heterocycles. The number of nitrogens with two attached hydrogens (primary N) is 1. The lowest BCUT2D eigenvalue weighted by Crippen LogP contribution is -2.13. The minimum absolute atomic E-state index is 0.0790. The average molecular weight is 247 g/mol. The lowest BCUT2D eigenvalue weighted by atomic mass is 10.1. The Bertz CT molecular complexity index is 718. The van der Waals surface area contributed by atoms with E-state index >= 15 is 0 Å². The lowest BCUT2D eigenvalue weighted by molar-refractivity contribution is -0.384. The minimum atomic E-state index is -0.581.